The standard InChI is InChI=1S/C29H36BrN7O4/c1-29(2,3)41-28(40)32-17-19-4-8-21(9-5-19)27(39)37(23-14-10-20(11-15-23)26-33-35-36-34-26)24(25(31)38)16-18-6-12-22(30)13-7-18/h6-7,10-15,19,21,24H,4-5,8-9,16-17H2,1-3H3,(H2,31,38)(H,32,40)(H,33,34,35,36)/t19-,21-,24-/m0/s1. The van der Waals surface area contributed by atoms with Crippen molar-refractivity contribution in [3.05, 3.63) is 58.6 Å². The van der Waals surface area contributed by atoms with E-state index in [1.807, 2.05) is 45.0 Å². The van der Waals surface area contributed by atoms with Crippen LogP contribution in [0.15, 0.2) is 53.0 Å². The first-order valence-corrected chi connectivity index (χ1v) is 14.5. The molecule has 11 nitrogen and oxygen atoms in total. The number of anilines is 1. The molecule has 218 valence electrons. The topological polar surface area (TPSA) is 156 Å². The van der Waals surface area contributed by atoms with Crippen molar-refractivity contribution in [3.63, 3.8) is 0 Å². The molecule has 4 rings (SSSR count). The van der Waals surface area contributed by atoms with Gasteiger partial charge in [0.1, 0.15) is 11.6 Å². The maximum atomic E-state index is 14.1. The van der Waals surface area contributed by atoms with Gasteiger partial charge in [-0.05, 0) is 105 Å². The first kappa shape index (κ1) is 30.2. The van der Waals surface area contributed by atoms with Gasteiger partial charge in [0.25, 0.3) is 0 Å². The summed E-state index contributed by atoms with van der Waals surface area (Å²) < 4.78 is 6.25. The molecule has 0 radical (unpaired) electrons. The van der Waals surface area contributed by atoms with Gasteiger partial charge in [0.2, 0.25) is 11.8 Å². The predicted molar refractivity (Wildman–Crippen MR) is 158 cm³/mol. The van der Waals surface area contributed by atoms with E-state index in [4.69, 9.17) is 10.5 Å². The second-order valence-electron chi connectivity index (χ2n) is 11.4. The maximum absolute atomic E-state index is 14.1. The molecule has 1 heterocycles. The number of aromatic nitrogens is 4. The average Bonchev–Trinajstić information content (AvgIpc) is 3.47. The Hall–Kier alpha value is -3.80. The molecule has 4 N–H and O–H groups in total. The third-order valence-electron chi connectivity index (χ3n) is 7.11. The van der Waals surface area contributed by atoms with Crippen LogP contribution in [-0.2, 0) is 20.7 Å². The summed E-state index contributed by atoms with van der Waals surface area (Å²) in [4.78, 5) is 40.6. The Morgan fingerprint density at radius 1 is 1.07 bits per heavy atom. The SMILES string of the molecule is CC(C)(C)OC(=O)NC[C@H]1CC[C@H](C(=O)N(c2ccc(-c3nnn[nH]3)cc2)[C@@H](Cc2ccc(Br)cc2)C(N)=O)CC1. The molecular formula is C29H36BrN7O4. The van der Waals surface area contributed by atoms with Crippen LogP contribution in [0.3, 0.4) is 0 Å². The number of amides is 3. The molecule has 0 bridgehead atoms. The van der Waals surface area contributed by atoms with Gasteiger partial charge in [-0.15, -0.1) is 5.10 Å². The lowest BCUT2D eigenvalue weighted by Gasteiger charge is -2.36. The van der Waals surface area contributed by atoms with Crippen molar-refractivity contribution in [1.82, 2.24) is 25.9 Å². The second-order valence-corrected chi connectivity index (χ2v) is 12.3. The van der Waals surface area contributed by atoms with E-state index in [0.717, 1.165) is 28.4 Å². The van der Waals surface area contributed by atoms with Crippen LogP contribution in [0.2, 0.25) is 0 Å². The van der Waals surface area contributed by atoms with E-state index >= 15 is 0 Å². The summed E-state index contributed by atoms with van der Waals surface area (Å²) in [5, 5.41) is 16.7. The Kier molecular flexibility index (Phi) is 9.74. The van der Waals surface area contributed by atoms with Crippen LogP contribution in [-0.4, -0.2) is 56.7 Å². The van der Waals surface area contributed by atoms with Gasteiger partial charge >= 0.3 is 6.09 Å². The number of hydrogen-bond donors (Lipinski definition) is 3. The number of nitrogens with zero attached hydrogens (tertiary/aromatic N) is 4. The van der Waals surface area contributed by atoms with Crippen LogP contribution in [0.5, 0.6) is 0 Å². The number of alkyl carbamates (subject to hydrolysis) is 1. The van der Waals surface area contributed by atoms with Crippen molar-refractivity contribution in [2.45, 2.75) is 64.5 Å². The number of rotatable bonds is 9. The zero-order valence-electron chi connectivity index (χ0n) is 23.5. The van der Waals surface area contributed by atoms with E-state index in [-0.39, 0.29) is 24.2 Å². The van der Waals surface area contributed by atoms with E-state index in [2.05, 4.69) is 41.9 Å². The van der Waals surface area contributed by atoms with E-state index in [1.165, 1.54) is 0 Å². The highest BCUT2D eigenvalue weighted by Crippen LogP contribution is 2.33. The molecule has 1 fully saturated rings. The minimum Gasteiger partial charge on any atom is -0.444 e. The molecule has 0 saturated heterocycles. The highest BCUT2D eigenvalue weighted by molar-refractivity contribution is 9.10. The zero-order valence-corrected chi connectivity index (χ0v) is 25.1. The fourth-order valence-electron chi connectivity index (χ4n) is 5.04. The number of nitrogens with one attached hydrogen (secondary N) is 2. The van der Waals surface area contributed by atoms with Crippen molar-refractivity contribution in [3.8, 4) is 11.4 Å². The van der Waals surface area contributed by atoms with Crippen molar-refractivity contribution in [2.75, 3.05) is 11.4 Å². The molecule has 0 aliphatic heterocycles. The Morgan fingerprint density at radius 2 is 1.73 bits per heavy atom. The molecule has 1 aliphatic rings. The van der Waals surface area contributed by atoms with Crippen LogP contribution >= 0.6 is 15.9 Å². The van der Waals surface area contributed by atoms with Crippen molar-refractivity contribution < 1.29 is 19.1 Å². The van der Waals surface area contributed by atoms with Crippen LogP contribution in [0.4, 0.5) is 10.5 Å². The molecule has 1 aromatic heterocycles. The number of benzene rings is 2. The summed E-state index contributed by atoms with van der Waals surface area (Å²) in [5.41, 5.74) is 7.57. The molecule has 0 spiro atoms. The molecule has 12 heteroatoms. The van der Waals surface area contributed by atoms with Gasteiger partial charge in [0.15, 0.2) is 5.82 Å². The predicted octanol–water partition coefficient (Wildman–Crippen LogP) is 4.39. The minimum absolute atomic E-state index is 0.140. The molecule has 41 heavy (non-hydrogen) atoms. The summed E-state index contributed by atoms with van der Waals surface area (Å²) in [6.07, 6.45) is 2.65. The van der Waals surface area contributed by atoms with Crippen molar-refractivity contribution in [2.24, 2.45) is 17.6 Å². The minimum atomic E-state index is -0.881. The smallest absolute Gasteiger partial charge is 0.407 e. The average molecular weight is 627 g/mol. The zero-order chi connectivity index (χ0) is 29.6. The van der Waals surface area contributed by atoms with E-state index in [9.17, 15) is 14.4 Å². The van der Waals surface area contributed by atoms with Crippen molar-refractivity contribution >= 4 is 39.5 Å². The van der Waals surface area contributed by atoms with Crippen molar-refractivity contribution in [1.29, 1.82) is 0 Å². The van der Waals surface area contributed by atoms with Crippen LogP contribution < -0.4 is 16.0 Å². The largest absolute Gasteiger partial charge is 0.444 e. The Labute approximate surface area is 247 Å². The third kappa shape index (κ3) is 8.35. The normalized spacial score (nSPS) is 17.9. The number of hydrogen-bond acceptors (Lipinski definition) is 7. The molecule has 2 aromatic carbocycles. The van der Waals surface area contributed by atoms with Gasteiger partial charge in [-0.2, -0.15) is 0 Å². The monoisotopic (exact) mass is 625 g/mol. The number of carbonyl (C=O) groups excluding carboxylic acids is 3. The first-order chi connectivity index (χ1) is 19.5. The third-order valence-corrected chi connectivity index (χ3v) is 7.64. The Morgan fingerprint density at radius 3 is 2.29 bits per heavy atom. The lowest BCUT2D eigenvalue weighted by molar-refractivity contribution is -0.127. The van der Waals surface area contributed by atoms with Gasteiger partial charge in [-0.1, -0.05) is 28.1 Å². The lowest BCUT2D eigenvalue weighted by Crippen LogP contribution is -2.52. The number of ether oxygens (including phenoxy) is 1. The van der Waals surface area contributed by atoms with Crippen LogP contribution in [0.25, 0.3) is 11.4 Å². The van der Waals surface area contributed by atoms with Gasteiger partial charge < -0.3 is 15.8 Å². The molecule has 3 amide bonds. The number of nitrogens with two attached hydrogens (primary N) is 1. The number of carbonyl (C=O) groups is 3. The van der Waals surface area contributed by atoms with E-state index in [0.29, 0.717) is 30.9 Å². The Bertz CT molecular complexity index is 1320. The van der Waals surface area contributed by atoms with Crippen LogP contribution in [0.1, 0.15) is 52.0 Å². The summed E-state index contributed by atoms with van der Waals surface area (Å²) in [5.74, 6) is -0.269. The fraction of sp³-hybridized carbons (Fsp3) is 0.448. The quantitative estimate of drug-likeness (QED) is 0.318. The summed E-state index contributed by atoms with van der Waals surface area (Å²) in [6.45, 7) is 5.96. The molecule has 1 aliphatic carbocycles. The van der Waals surface area contributed by atoms with E-state index < -0.39 is 23.6 Å². The molecule has 1 saturated carbocycles. The highest BCUT2D eigenvalue weighted by Gasteiger charge is 2.36. The molecule has 3 aromatic rings. The first-order valence-electron chi connectivity index (χ1n) is 13.7. The summed E-state index contributed by atoms with van der Waals surface area (Å²) >= 11 is 3.44. The fourth-order valence-corrected chi connectivity index (χ4v) is 5.30. The molecule has 0 unspecified atom stereocenters. The molecule has 1 atom stereocenters. The second kappa shape index (κ2) is 13.2. The lowest BCUT2D eigenvalue weighted by atomic mass is 9.81. The highest BCUT2D eigenvalue weighted by atomic mass is 79.9. The van der Waals surface area contributed by atoms with Gasteiger partial charge in [0, 0.05) is 34.6 Å². The summed E-state index contributed by atoms with van der Waals surface area (Å²) in [7, 11) is 0. The van der Waals surface area contributed by atoms with Gasteiger partial charge in [0.05, 0.1) is 0 Å². The summed E-state index contributed by atoms with van der Waals surface area (Å²) in [6, 6.07) is 13.9. The van der Waals surface area contributed by atoms with Crippen LogP contribution in [0, 0.1) is 11.8 Å². The van der Waals surface area contributed by atoms with Gasteiger partial charge in [-0.25, -0.2) is 9.89 Å². The number of H-pyrrole nitrogens is 1. The number of halogens is 1. The maximum Gasteiger partial charge on any atom is 0.407 e. The number of primary amides is 1. The Balaban J connectivity index is 1.51. The number of tetrazole rings is 1. The molecular weight excluding hydrogens is 590 g/mol. The van der Waals surface area contributed by atoms with E-state index in [1.54, 1.807) is 29.2 Å². The number of aromatic amines is 1. The van der Waals surface area contributed by atoms with Gasteiger partial charge in [-0.3, -0.25) is 14.5 Å².